The summed E-state index contributed by atoms with van der Waals surface area (Å²) < 4.78 is 0. The first-order valence-corrected chi connectivity index (χ1v) is 4.69. The summed E-state index contributed by atoms with van der Waals surface area (Å²) in [5.41, 5.74) is 0. The van der Waals surface area contributed by atoms with Gasteiger partial charge in [-0.1, -0.05) is 16.4 Å². The lowest BCUT2D eigenvalue weighted by atomic mass is 10.5. The highest BCUT2D eigenvalue weighted by atomic mass is 31.7. The molecule has 2 heteroatoms. The smallest absolute Gasteiger partial charge is 0.00400 e. The minimum Gasteiger partial charge on any atom is -0.0937 e. The Labute approximate surface area is 42.2 Å². The Morgan fingerprint density at radius 3 is 2.50 bits per heavy atom. The fourth-order valence-electron chi connectivity index (χ4n) is 0.430. The van der Waals surface area contributed by atoms with Crippen LogP contribution in [-0.4, -0.2) is 6.16 Å². The summed E-state index contributed by atoms with van der Waals surface area (Å²) in [5, 5.41) is 0. The van der Waals surface area contributed by atoms with Crippen molar-refractivity contribution in [1.82, 2.24) is 0 Å². The van der Waals surface area contributed by atoms with Crippen molar-refractivity contribution in [2.75, 3.05) is 6.16 Å². The molecule has 0 aromatic heterocycles. The molecule has 0 N–H and O–H groups in total. The molecule has 0 aromatic carbocycles. The van der Waals surface area contributed by atoms with Crippen LogP contribution in [0.5, 0.6) is 0 Å². The maximum absolute atomic E-state index is 3.40. The van der Waals surface area contributed by atoms with Gasteiger partial charge in [-0.3, -0.25) is 0 Å². The summed E-state index contributed by atoms with van der Waals surface area (Å²) in [4.78, 5) is 0. The standard InChI is InChI=1S/C4H8P2/c5-6-3-4-1-2-4/h4-5H,1-3H2. The average Bonchev–Trinajstić information content (AvgIpc) is 2.21. The fraction of sp³-hybridized carbons (Fsp3) is 1.00. The van der Waals surface area contributed by atoms with Gasteiger partial charge in [0.2, 0.25) is 0 Å². The third kappa shape index (κ3) is 1.37. The third-order valence-corrected chi connectivity index (χ3v) is 2.29. The van der Waals surface area contributed by atoms with Crippen molar-refractivity contribution in [1.29, 1.82) is 0 Å². The summed E-state index contributed by atoms with van der Waals surface area (Å²) >= 11 is 0. The van der Waals surface area contributed by atoms with Crippen molar-refractivity contribution in [3.8, 4) is 0 Å². The van der Waals surface area contributed by atoms with Crippen molar-refractivity contribution in [3.05, 3.63) is 0 Å². The van der Waals surface area contributed by atoms with Gasteiger partial charge in [0.1, 0.15) is 0 Å². The molecule has 6 heavy (non-hydrogen) atoms. The second kappa shape index (κ2) is 2.05. The topological polar surface area (TPSA) is 0 Å². The second-order valence-electron chi connectivity index (χ2n) is 1.78. The Hall–Kier alpha value is 0.600. The molecule has 0 amide bonds. The molecule has 1 rings (SSSR count). The normalized spacial score (nSPS) is 22.0. The van der Waals surface area contributed by atoms with Crippen LogP contribution < -0.4 is 0 Å². The molecule has 34 valence electrons. The van der Waals surface area contributed by atoms with Gasteiger partial charge >= 0.3 is 0 Å². The Bertz CT molecular complexity index is 56.6. The van der Waals surface area contributed by atoms with Crippen LogP contribution in [0.15, 0.2) is 0 Å². The zero-order chi connectivity index (χ0) is 4.41. The van der Waals surface area contributed by atoms with E-state index in [1.165, 1.54) is 26.9 Å². The van der Waals surface area contributed by atoms with Gasteiger partial charge in [0.05, 0.1) is 0 Å². The number of rotatable bonds is 2. The molecular weight excluding hydrogens is 110 g/mol. The minimum atomic E-state index is 1.09. The van der Waals surface area contributed by atoms with Crippen LogP contribution in [0.25, 0.3) is 0 Å². The van der Waals surface area contributed by atoms with E-state index in [0.717, 1.165) is 5.92 Å². The first kappa shape index (κ1) is 4.75. The van der Waals surface area contributed by atoms with E-state index in [2.05, 4.69) is 8.53 Å². The highest BCUT2D eigenvalue weighted by molar-refractivity contribution is 7.74. The third-order valence-electron chi connectivity index (χ3n) is 1.05. The molecule has 1 aliphatic rings. The van der Waals surface area contributed by atoms with Gasteiger partial charge in [-0.25, -0.2) is 0 Å². The van der Waals surface area contributed by atoms with Crippen molar-refractivity contribution < 1.29 is 0 Å². The number of hydrogen-bond donors (Lipinski definition) is 0. The van der Waals surface area contributed by atoms with Gasteiger partial charge in [0.15, 0.2) is 0 Å². The van der Waals surface area contributed by atoms with Crippen molar-refractivity contribution >= 4 is 16.4 Å². The van der Waals surface area contributed by atoms with Gasteiger partial charge < -0.3 is 0 Å². The van der Waals surface area contributed by atoms with Crippen molar-refractivity contribution in [2.45, 2.75) is 12.8 Å². The SMILES string of the molecule is P=PCC1CC1. The van der Waals surface area contributed by atoms with E-state index in [4.69, 9.17) is 0 Å². The highest BCUT2D eigenvalue weighted by Crippen LogP contribution is 2.32. The first-order chi connectivity index (χ1) is 2.93. The van der Waals surface area contributed by atoms with Crippen LogP contribution in [-0.2, 0) is 0 Å². The lowest BCUT2D eigenvalue weighted by Gasteiger charge is -1.75. The summed E-state index contributed by atoms with van der Waals surface area (Å²) in [6.45, 7) is 0. The summed E-state index contributed by atoms with van der Waals surface area (Å²) in [5.74, 6) is 1.09. The highest BCUT2D eigenvalue weighted by Gasteiger charge is 2.18. The largest absolute Gasteiger partial charge is 0.0937 e. The zero-order valence-corrected chi connectivity index (χ0v) is 5.54. The maximum atomic E-state index is 3.40. The summed E-state index contributed by atoms with van der Waals surface area (Å²) in [7, 11) is 4.80. The molecule has 0 aromatic rings. The van der Waals surface area contributed by atoms with Crippen LogP contribution in [0.3, 0.4) is 0 Å². The summed E-state index contributed by atoms with van der Waals surface area (Å²) in [6.07, 6.45) is 4.34. The molecule has 0 atom stereocenters. The number of hydrogen-bond acceptors (Lipinski definition) is 0. The second-order valence-corrected chi connectivity index (χ2v) is 3.41. The lowest BCUT2D eigenvalue weighted by Crippen LogP contribution is -1.67. The molecule has 0 unspecified atom stereocenters. The summed E-state index contributed by atoms with van der Waals surface area (Å²) in [6, 6.07) is 0. The van der Waals surface area contributed by atoms with E-state index < -0.39 is 0 Å². The predicted octanol–water partition coefficient (Wildman–Crippen LogP) is 2.40. The van der Waals surface area contributed by atoms with E-state index in [1.54, 1.807) is 0 Å². The molecule has 0 spiro atoms. The molecule has 1 fully saturated rings. The molecule has 0 bridgehead atoms. The van der Waals surface area contributed by atoms with Gasteiger partial charge in [-0.2, -0.15) is 0 Å². The Morgan fingerprint density at radius 1 is 1.67 bits per heavy atom. The molecule has 0 heterocycles. The first-order valence-electron chi connectivity index (χ1n) is 2.26. The Kier molecular flexibility index (Phi) is 1.62. The quantitative estimate of drug-likeness (QED) is 0.488. The van der Waals surface area contributed by atoms with Crippen LogP contribution in [0.4, 0.5) is 0 Å². The van der Waals surface area contributed by atoms with E-state index in [-0.39, 0.29) is 0 Å². The van der Waals surface area contributed by atoms with Crippen LogP contribution >= 0.6 is 16.4 Å². The fourth-order valence-corrected chi connectivity index (χ4v) is 1.83. The van der Waals surface area contributed by atoms with E-state index in [1.807, 2.05) is 0 Å². The van der Waals surface area contributed by atoms with Crippen LogP contribution in [0, 0.1) is 5.92 Å². The minimum absolute atomic E-state index is 1.09. The van der Waals surface area contributed by atoms with Crippen molar-refractivity contribution in [2.24, 2.45) is 5.92 Å². The Morgan fingerprint density at radius 2 is 2.33 bits per heavy atom. The van der Waals surface area contributed by atoms with Crippen molar-refractivity contribution in [3.63, 3.8) is 0 Å². The molecule has 0 saturated heterocycles. The van der Waals surface area contributed by atoms with Gasteiger partial charge in [0, 0.05) is 0 Å². The molecule has 0 aliphatic heterocycles. The molecular formula is C4H8P2. The van der Waals surface area contributed by atoms with Gasteiger partial charge in [0.25, 0.3) is 0 Å². The van der Waals surface area contributed by atoms with Gasteiger partial charge in [-0.05, 0) is 24.9 Å². The van der Waals surface area contributed by atoms with E-state index in [9.17, 15) is 0 Å². The lowest BCUT2D eigenvalue weighted by molar-refractivity contribution is 1.00. The van der Waals surface area contributed by atoms with Gasteiger partial charge in [-0.15, -0.1) is 0 Å². The van der Waals surface area contributed by atoms with E-state index >= 15 is 0 Å². The molecule has 0 nitrogen and oxygen atoms in total. The Balaban J connectivity index is 2.00. The van der Waals surface area contributed by atoms with E-state index in [0.29, 0.717) is 0 Å². The molecule has 1 saturated carbocycles. The van der Waals surface area contributed by atoms with Crippen LogP contribution in [0.2, 0.25) is 0 Å². The maximum Gasteiger partial charge on any atom is -0.00400 e. The van der Waals surface area contributed by atoms with Crippen LogP contribution in [0.1, 0.15) is 12.8 Å². The monoisotopic (exact) mass is 118 g/mol. The zero-order valence-electron chi connectivity index (χ0n) is 3.65. The molecule has 1 aliphatic carbocycles. The predicted molar refractivity (Wildman–Crippen MR) is 32.8 cm³/mol. The average molecular weight is 118 g/mol. The molecule has 0 radical (unpaired) electrons.